The highest BCUT2D eigenvalue weighted by Gasteiger charge is 2.35. The summed E-state index contributed by atoms with van der Waals surface area (Å²) in [6.45, 7) is 1.86. The van der Waals surface area contributed by atoms with Crippen molar-refractivity contribution < 1.29 is 19.1 Å². The minimum absolute atomic E-state index is 0.0105. The summed E-state index contributed by atoms with van der Waals surface area (Å²) in [5, 5.41) is 4.75. The number of hydrogen-bond donors (Lipinski definition) is 1. The lowest BCUT2D eigenvalue weighted by Crippen LogP contribution is -2.54. The third-order valence-electron chi connectivity index (χ3n) is 5.25. The fourth-order valence-corrected chi connectivity index (χ4v) is 3.97. The molecule has 0 bridgehead atoms. The number of anilines is 1. The van der Waals surface area contributed by atoms with Gasteiger partial charge < -0.3 is 9.47 Å². The highest BCUT2D eigenvalue weighted by molar-refractivity contribution is 7.80. The summed E-state index contributed by atoms with van der Waals surface area (Å²) in [4.78, 5) is 27.4. The van der Waals surface area contributed by atoms with Crippen molar-refractivity contribution >= 4 is 63.3 Å². The second kappa shape index (κ2) is 8.61. The maximum Gasteiger partial charge on any atom is 0.270 e. The van der Waals surface area contributed by atoms with Gasteiger partial charge in [0.1, 0.15) is 17.1 Å². The average molecular weight is 467 g/mol. The molecule has 0 aliphatic carbocycles. The van der Waals surface area contributed by atoms with Crippen LogP contribution in [0, 0.1) is 6.92 Å². The van der Waals surface area contributed by atoms with Gasteiger partial charge in [0.25, 0.3) is 11.8 Å². The Morgan fingerprint density at radius 2 is 1.78 bits per heavy atom. The van der Waals surface area contributed by atoms with Gasteiger partial charge in [-0.2, -0.15) is 0 Å². The smallest absolute Gasteiger partial charge is 0.270 e. The quantitative estimate of drug-likeness (QED) is 0.344. The number of ether oxygens (including phenoxy) is 2. The second-order valence-electron chi connectivity index (χ2n) is 7.16. The van der Waals surface area contributed by atoms with Crippen molar-refractivity contribution in [1.82, 2.24) is 5.32 Å². The monoisotopic (exact) mass is 466 g/mol. The normalized spacial score (nSPS) is 15.3. The maximum atomic E-state index is 13.4. The molecule has 1 saturated heterocycles. The zero-order valence-corrected chi connectivity index (χ0v) is 19.1. The predicted octanol–water partition coefficient (Wildman–Crippen LogP) is 4.65. The van der Waals surface area contributed by atoms with E-state index in [1.807, 2.05) is 31.2 Å². The van der Waals surface area contributed by atoms with Crippen LogP contribution in [0.3, 0.4) is 0 Å². The molecule has 1 N–H and O–H groups in total. The zero-order chi connectivity index (χ0) is 23.0. The molecule has 6 nitrogen and oxygen atoms in total. The van der Waals surface area contributed by atoms with Crippen LogP contribution in [0.15, 0.2) is 54.1 Å². The van der Waals surface area contributed by atoms with Gasteiger partial charge in [-0.25, -0.2) is 0 Å². The molecule has 1 aliphatic rings. The summed E-state index contributed by atoms with van der Waals surface area (Å²) >= 11 is 11.5. The van der Waals surface area contributed by atoms with Crippen molar-refractivity contribution in [3.05, 3.63) is 70.3 Å². The summed E-state index contributed by atoms with van der Waals surface area (Å²) in [7, 11) is 3.10. The van der Waals surface area contributed by atoms with Gasteiger partial charge >= 0.3 is 0 Å². The fraction of sp³-hybridized carbons (Fsp3) is 0.125. The molecule has 3 aromatic carbocycles. The van der Waals surface area contributed by atoms with Crippen molar-refractivity contribution in [2.75, 3.05) is 19.1 Å². The number of carbonyl (C=O) groups is 2. The van der Waals surface area contributed by atoms with Crippen LogP contribution in [0.1, 0.15) is 11.1 Å². The average Bonchev–Trinajstić information content (AvgIpc) is 2.78. The van der Waals surface area contributed by atoms with E-state index in [4.69, 9.17) is 33.3 Å². The summed E-state index contributed by atoms with van der Waals surface area (Å²) in [6, 6.07) is 14.4. The molecular formula is C24H19ClN2O4S. The van der Waals surface area contributed by atoms with Crippen LogP contribution >= 0.6 is 23.8 Å². The van der Waals surface area contributed by atoms with E-state index in [9.17, 15) is 9.59 Å². The topological polar surface area (TPSA) is 67.9 Å². The molecule has 4 rings (SSSR count). The van der Waals surface area contributed by atoms with E-state index in [0.29, 0.717) is 27.8 Å². The molecule has 0 saturated carbocycles. The van der Waals surface area contributed by atoms with Crippen LogP contribution in [-0.4, -0.2) is 31.1 Å². The zero-order valence-electron chi connectivity index (χ0n) is 17.6. The van der Waals surface area contributed by atoms with Crippen LogP contribution in [0.25, 0.3) is 16.8 Å². The van der Waals surface area contributed by atoms with Crippen LogP contribution in [-0.2, 0) is 9.59 Å². The van der Waals surface area contributed by atoms with Gasteiger partial charge in [-0.1, -0.05) is 29.8 Å². The van der Waals surface area contributed by atoms with E-state index in [0.717, 1.165) is 16.3 Å². The fourth-order valence-electron chi connectivity index (χ4n) is 3.51. The minimum atomic E-state index is -0.587. The number of carbonyl (C=O) groups excluding carboxylic acids is 2. The van der Waals surface area contributed by atoms with Gasteiger partial charge in [-0.3, -0.25) is 19.8 Å². The Labute approximate surface area is 195 Å². The van der Waals surface area contributed by atoms with E-state index in [2.05, 4.69) is 5.32 Å². The Morgan fingerprint density at radius 3 is 2.47 bits per heavy atom. The van der Waals surface area contributed by atoms with Gasteiger partial charge in [0.2, 0.25) is 0 Å². The molecule has 0 atom stereocenters. The van der Waals surface area contributed by atoms with E-state index >= 15 is 0 Å². The molecule has 0 aromatic heterocycles. The molecule has 3 aromatic rings. The Balaban J connectivity index is 1.88. The molecule has 32 heavy (non-hydrogen) atoms. The number of nitrogens with one attached hydrogen (secondary N) is 1. The van der Waals surface area contributed by atoms with E-state index in [-0.39, 0.29) is 10.7 Å². The first kappa shape index (κ1) is 21.8. The molecule has 0 unspecified atom stereocenters. The molecule has 0 spiro atoms. The lowest BCUT2D eigenvalue weighted by Gasteiger charge is -2.29. The molecule has 2 amide bonds. The summed E-state index contributed by atoms with van der Waals surface area (Å²) < 4.78 is 10.9. The lowest BCUT2D eigenvalue weighted by atomic mass is 9.99. The lowest BCUT2D eigenvalue weighted by molar-refractivity contribution is -0.122. The Bertz CT molecular complexity index is 1310. The summed E-state index contributed by atoms with van der Waals surface area (Å²) in [5.74, 6) is 0.0101. The number of amides is 2. The van der Waals surface area contributed by atoms with E-state index in [1.165, 1.54) is 18.1 Å². The highest BCUT2D eigenvalue weighted by Crippen LogP contribution is 2.34. The SMILES string of the molecule is COc1ccc2ccc(OC)c(/C=C3\C(=O)NC(=S)N(c4ccc(C)c(Cl)c4)C3=O)c2c1. The van der Waals surface area contributed by atoms with Gasteiger partial charge in [0.15, 0.2) is 5.11 Å². The third kappa shape index (κ3) is 3.81. The number of rotatable bonds is 4. The number of benzene rings is 3. The second-order valence-corrected chi connectivity index (χ2v) is 7.95. The minimum Gasteiger partial charge on any atom is -0.497 e. The number of hydrogen-bond acceptors (Lipinski definition) is 5. The van der Waals surface area contributed by atoms with Gasteiger partial charge in [-0.15, -0.1) is 0 Å². The molecular weight excluding hydrogens is 448 g/mol. The first-order valence-corrected chi connectivity index (χ1v) is 10.4. The first-order valence-electron chi connectivity index (χ1n) is 9.66. The highest BCUT2D eigenvalue weighted by atomic mass is 35.5. The maximum absolute atomic E-state index is 13.4. The number of halogens is 1. The Hall–Kier alpha value is -3.42. The largest absolute Gasteiger partial charge is 0.497 e. The molecule has 8 heteroatoms. The number of thiocarbonyl (C=S) groups is 1. The van der Waals surface area contributed by atoms with Gasteiger partial charge in [-0.05, 0) is 71.9 Å². The van der Waals surface area contributed by atoms with Gasteiger partial charge in [0, 0.05) is 10.6 Å². The van der Waals surface area contributed by atoms with Crippen molar-refractivity contribution in [3.63, 3.8) is 0 Å². The molecule has 1 heterocycles. The third-order valence-corrected chi connectivity index (χ3v) is 5.95. The number of fused-ring (bicyclic) bond motifs is 1. The van der Waals surface area contributed by atoms with Crippen LogP contribution in [0.2, 0.25) is 5.02 Å². The van der Waals surface area contributed by atoms with Crippen molar-refractivity contribution in [2.45, 2.75) is 6.92 Å². The van der Waals surface area contributed by atoms with Gasteiger partial charge in [0.05, 0.1) is 19.9 Å². The molecule has 1 aliphatic heterocycles. The van der Waals surface area contributed by atoms with Crippen LogP contribution in [0.5, 0.6) is 11.5 Å². The Kier molecular flexibility index (Phi) is 5.86. The van der Waals surface area contributed by atoms with E-state index in [1.54, 1.807) is 31.4 Å². The summed E-state index contributed by atoms with van der Waals surface area (Å²) in [5.41, 5.74) is 1.83. The van der Waals surface area contributed by atoms with Crippen molar-refractivity contribution in [2.24, 2.45) is 0 Å². The Morgan fingerprint density at radius 1 is 1.03 bits per heavy atom. The van der Waals surface area contributed by atoms with Crippen molar-refractivity contribution in [3.8, 4) is 11.5 Å². The predicted molar refractivity (Wildman–Crippen MR) is 129 cm³/mol. The number of nitrogens with zero attached hydrogens (tertiary/aromatic N) is 1. The molecule has 162 valence electrons. The summed E-state index contributed by atoms with van der Waals surface area (Å²) in [6.07, 6.45) is 1.52. The number of aryl methyl sites for hydroxylation is 1. The van der Waals surface area contributed by atoms with E-state index < -0.39 is 11.8 Å². The molecule has 0 radical (unpaired) electrons. The van der Waals surface area contributed by atoms with Crippen LogP contribution in [0.4, 0.5) is 5.69 Å². The molecule has 1 fully saturated rings. The standard InChI is InChI=1S/C24H19ClN2O4S/c1-13-4-7-15(10-20(13)25)27-23(29)19(22(28)26-24(27)32)12-18-17-11-16(30-2)8-5-14(17)6-9-21(18)31-3/h4-12H,1-3H3,(H,26,28,32)/b19-12+. The number of methoxy groups -OCH3 is 2. The van der Waals surface area contributed by atoms with Crippen LogP contribution < -0.4 is 19.7 Å². The first-order chi connectivity index (χ1) is 15.3. The van der Waals surface area contributed by atoms with Crippen molar-refractivity contribution in [1.29, 1.82) is 0 Å².